The van der Waals surface area contributed by atoms with E-state index in [-0.39, 0.29) is 24.5 Å². The molecule has 4 nitrogen and oxygen atoms in total. The average Bonchev–Trinajstić information content (AvgIpc) is 2.12. The third-order valence-electron chi connectivity index (χ3n) is 2.80. The van der Waals surface area contributed by atoms with E-state index in [1.54, 1.807) is 34.6 Å². The van der Waals surface area contributed by atoms with Crippen LogP contribution in [-0.4, -0.2) is 31.2 Å². The zero-order valence-electron chi connectivity index (χ0n) is 10.8. The number of hydrogen-bond acceptors (Lipinski definition) is 4. The van der Waals surface area contributed by atoms with E-state index >= 15 is 0 Å². The SMILES string of the molecule is CC(C)(CN)C(=O)CCS(=O)(=O)C(C)(C)C. The standard InChI is InChI=1S/C11H23NO3S/c1-10(2,3)16(14,15)7-6-9(13)11(4,5)8-12/h6-8,12H2,1-5H3. The minimum Gasteiger partial charge on any atom is -0.329 e. The van der Waals surface area contributed by atoms with Crippen LogP contribution in [0.4, 0.5) is 0 Å². The van der Waals surface area contributed by atoms with Crippen LogP contribution < -0.4 is 5.73 Å². The van der Waals surface area contributed by atoms with E-state index in [1.807, 2.05) is 0 Å². The van der Waals surface area contributed by atoms with Gasteiger partial charge in [0.25, 0.3) is 0 Å². The molecule has 5 heteroatoms. The van der Waals surface area contributed by atoms with Crippen LogP contribution in [0.5, 0.6) is 0 Å². The molecule has 0 aromatic carbocycles. The molecule has 0 aliphatic carbocycles. The summed E-state index contributed by atoms with van der Waals surface area (Å²) in [6.45, 7) is 8.63. The van der Waals surface area contributed by atoms with Gasteiger partial charge in [-0.15, -0.1) is 0 Å². The van der Waals surface area contributed by atoms with Gasteiger partial charge in [-0.3, -0.25) is 4.79 Å². The molecule has 0 heterocycles. The van der Waals surface area contributed by atoms with Crippen LogP contribution in [0.2, 0.25) is 0 Å². The van der Waals surface area contributed by atoms with E-state index in [0.717, 1.165) is 0 Å². The minimum absolute atomic E-state index is 0.0454. The molecule has 0 spiro atoms. The third kappa shape index (κ3) is 3.87. The van der Waals surface area contributed by atoms with Crippen LogP contribution in [-0.2, 0) is 14.6 Å². The van der Waals surface area contributed by atoms with Crippen molar-refractivity contribution in [3.05, 3.63) is 0 Å². The molecular weight excluding hydrogens is 226 g/mol. The highest BCUT2D eigenvalue weighted by Crippen LogP contribution is 2.21. The van der Waals surface area contributed by atoms with Gasteiger partial charge in [-0.2, -0.15) is 0 Å². The second-order valence-corrected chi connectivity index (χ2v) is 8.55. The predicted octanol–water partition coefficient (Wildman–Crippen LogP) is 1.14. The van der Waals surface area contributed by atoms with E-state index in [2.05, 4.69) is 0 Å². The molecule has 0 fully saturated rings. The summed E-state index contributed by atoms with van der Waals surface area (Å²) < 4.78 is 22.8. The Morgan fingerprint density at radius 2 is 1.56 bits per heavy atom. The highest BCUT2D eigenvalue weighted by molar-refractivity contribution is 7.92. The van der Waals surface area contributed by atoms with Crippen LogP contribution in [0.25, 0.3) is 0 Å². The van der Waals surface area contributed by atoms with Gasteiger partial charge >= 0.3 is 0 Å². The van der Waals surface area contributed by atoms with Crippen molar-refractivity contribution in [2.75, 3.05) is 12.3 Å². The quantitative estimate of drug-likeness (QED) is 0.792. The second-order valence-electron chi connectivity index (χ2n) is 5.69. The molecule has 0 atom stereocenters. The highest BCUT2D eigenvalue weighted by atomic mass is 32.2. The van der Waals surface area contributed by atoms with Crippen molar-refractivity contribution in [3.8, 4) is 0 Å². The fraction of sp³-hybridized carbons (Fsp3) is 0.909. The topological polar surface area (TPSA) is 77.2 Å². The van der Waals surface area contributed by atoms with Gasteiger partial charge in [-0.25, -0.2) is 8.42 Å². The Hall–Kier alpha value is -0.420. The number of Topliss-reactive ketones (excluding diaryl/α,β-unsaturated/α-hetero) is 1. The smallest absolute Gasteiger partial charge is 0.155 e. The maximum atomic E-state index is 11.8. The van der Waals surface area contributed by atoms with Gasteiger partial charge in [-0.1, -0.05) is 13.8 Å². The number of carbonyl (C=O) groups is 1. The van der Waals surface area contributed by atoms with Gasteiger partial charge < -0.3 is 5.73 Å². The van der Waals surface area contributed by atoms with E-state index in [0.29, 0.717) is 0 Å². The van der Waals surface area contributed by atoms with Crippen LogP contribution in [0, 0.1) is 5.41 Å². The molecule has 0 bridgehead atoms. The second kappa shape index (κ2) is 4.84. The zero-order valence-corrected chi connectivity index (χ0v) is 11.6. The molecule has 0 aliphatic rings. The van der Waals surface area contributed by atoms with Crippen LogP contribution in [0.15, 0.2) is 0 Å². The summed E-state index contributed by atoms with van der Waals surface area (Å²) in [4.78, 5) is 11.7. The first-order valence-corrected chi connectivity index (χ1v) is 7.05. The lowest BCUT2D eigenvalue weighted by atomic mass is 9.87. The van der Waals surface area contributed by atoms with E-state index in [1.165, 1.54) is 0 Å². The van der Waals surface area contributed by atoms with Crippen molar-refractivity contribution >= 4 is 15.6 Å². The molecule has 0 saturated heterocycles. The molecule has 0 aromatic heterocycles. The molecule has 0 saturated carbocycles. The maximum Gasteiger partial charge on any atom is 0.155 e. The number of rotatable bonds is 5. The van der Waals surface area contributed by atoms with E-state index in [4.69, 9.17) is 5.73 Å². The number of sulfone groups is 1. The van der Waals surface area contributed by atoms with Crippen molar-refractivity contribution < 1.29 is 13.2 Å². The molecular formula is C11H23NO3S. The molecule has 0 aromatic rings. The molecule has 0 aliphatic heterocycles. The summed E-state index contributed by atoms with van der Waals surface area (Å²) in [5.74, 6) is -0.193. The minimum atomic E-state index is -3.22. The Bertz CT molecular complexity index is 350. The average molecular weight is 249 g/mol. The van der Waals surface area contributed by atoms with Crippen molar-refractivity contribution in [1.82, 2.24) is 0 Å². The normalized spacial score (nSPS) is 13.9. The number of ketones is 1. The van der Waals surface area contributed by atoms with Crippen molar-refractivity contribution in [1.29, 1.82) is 0 Å². The van der Waals surface area contributed by atoms with Crippen molar-refractivity contribution in [3.63, 3.8) is 0 Å². The van der Waals surface area contributed by atoms with Crippen LogP contribution in [0.1, 0.15) is 41.0 Å². The first-order valence-electron chi connectivity index (χ1n) is 5.40. The van der Waals surface area contributed by atoms with Gasteiger partial charge in [0.1, 0.15) is 5.78 Å². The Kier molecular flexibility index (Phi) is 4.71. The lowest BCUT2D eigenvalue weighted by molar-refractivity contribution is -0.126. The molecule has 16 heavy (non-hydrogen) atoms. The van der Waals surface area contributed by atoms with Crippen LogP contribution in [0.3, 0.4) is 0 Å². The van der Waals surface area contributed by atoms with Gasteiger partial charge in [0.2, 0.25) is 0 Å². The Balaban J connectivity index is 4.56. The largest absolute Gasteiger partial charge is 0.329 e. The monoisotopic (exact) mass is 249 g/mol. The summed E-state index contributed by atoms with van der Waals surface area (Å²) in [6.07, 6.45) is 0.0454. The van der Waals surface area contributed by atoms with Crippen LogP contribution >= 0.6 is 0 Å². The fourth-order valence-electron chi connectivity index (χ4n) is 0.985. The van der Waals surface area contributed by atoms with Gasteiger partial charge in [-0.05, 0) is 20.8 Å². The summed E-state index contributed by atoms with van der Waals surface area (Å²) in [5, 5.41) is 0. The summed E-state index contributed by atoms with van der Waals surface area (Å²) in [5.41, 5.74) is 4.83. The van der Waals surface area contributed by atoms with Crippen molar-refractivity contribution in [2.45, 2.75) is 45.8 Å². The predicted molar refractivity (Wildman–Crippen MR) is 66.0 cm³/mol. The van der Waals surface area contributed by atoms with E-state index in [9.17, 15) is 13.2 Å². The summed E-state index contributed by atoms with van der Waals surface area (Å²) >= 11 is 0. The van der Waals surface area contributed by atoms with Gasteiger partial charge in [0.05, 0.1) is 10.5 Å². The summed E-state index contributed by atoms with van der Waals surface area (Å²) in [7, 11) is -3.22. The zero-order chi connectivity index (χ0) is 13.2. The summed E-state index contributed by atoms with van der Waals surface area (Å²) in [6, 6.07) is 0. The number of carbonyl (C=O) groups excluding carboxylic acids is 1. The van der Waals surface area contributed by atoms with E-state index < -0.39 is 20.0 Å². The lowest BCUT2D eigenvalue weighted by Crippen LogP contribution is -2.36. The molecule has 0 radical (unpaired) electrons. The van der Waals surface area contributed by atoms with Gasteiger partial charge in [0, 0.05) is 18.4 Å². The molecule has 0 amide bonds. The third-order valence-corrected chi connectivity index (χ3v) is 5.40. The number of nitrogens with two attached hydrogens (primary N) is 1. The van der Waals surface area contributed by atoms with Gasteiger partial charge in [0.15, 0.2) is 9.84 Å². The first-order chi connectivity index (χ1) is 6.94. The van der Waals surface area contributed by atoms with Crippen molar-refractivity contribution in [2.24, 2.45) is 11.1 Å². The molecule has 96 valence electrons. The lowest BCUT2D eigenvalue weighted by Gasteiger charge is -2.23. The Morgan fingerprint density at radius 3 is 1.88 bits per heavy atom. The first kappa shape index (κ1) is 15.6. The highest BCUT2D eigenvalue weighted by Gasteiger charge is 2.32. The maximum absolute atomic E-state index is 11.8. The fourth-order valence-corrected chi connectivity index (χ4v) is 2.05. The Labute approximate surface area is 98.5 Å². The number of hydrogen-bond donors (Lipinski definition) is 1. The Morgan fingerprint density at radius 1 is 1.12 bits per heavy atom. The molecule has 0 rings (SSSR count). The molecule has 0 unspecified atom stereocenters. The molecule has 2 N–H and O–H groups in total.